The maximum absolute atomic E-state index is 13.2. The number of amides is 3. The number of H-pyrrole nitrogens is 1. The van der Waals surface area contributed by atoms with Crippen LogP contribution in [0.25, 0.3) is 33.0 Å². The van der Waals surface area contributed by atoms with E-state index < -0.39 is 11.8 Å². The van der Waals surface area contributed by atoms with Gasteiger partial charge in [-0.3, -0.25) is 19.7 Å². The molecule has 0 spiro atoms. The second-order valence-corrected chi connectivity index (χ2v) is 9.09. The van der Waals surface area contributed by atoms with E-state index in [0.717, 1.165) is 41.3 Å². The molecular weight excluding hydrogens is 442 g/mol. The molecule has 178 valence electrons. The second-order valence-electron chi connectivity index (χ2n) is 9.09. The summed E-state index contributed by atoms with van der Waals surface area (Å²) in [6, 6.07) is 13.4. The highest BCUT2D eigenvalue weighted by Gasteiger charge is 2.35. The molecule has 0 atom stereocenters. The number of aromatic nitrogens is 2. The van der Waals surface area contributed by atoms with Crippen LogP contribution in [0, 0.1) is 0 Å². The molecule has 1 aliphatic rings. The standard InChI is InChI=1S/C27H27N5O3/c1-16(33)29-17-9-10-23-19(13-17)21(15-32(23)12-6-11-31(2)3)25-24(26(34)30-27(25)35)20-14-28-22-8-5-4-7-18(20)22/h4-5,7-10,13-15,28H,6,11-12H2,1-3H3,(H,29,33)(H,30,34,35). The Labute approximate surface area is 202 Å². The van der Waals surface area contributed by atoms with Crippen molar-refractivity contribution in [3.8, 4) is 0 Å². The minimum Gasteiger partial charge on any atom is -0.361 e. The van der Waals surface area contributed by atoms with Crippen molar-refractivity contribution in [2.45, 2.75) is 19.9 Å². The van der Waals surface area contributed by atoms with Crippen LogP contribution < -0.4 is 10.6 Å². The van der Waals surface area contributed by atoms with Gasteiger partial charge in [-0.25, -0.2) is 0 Å². The number of aryl methyl sites for hydroxylation is 1. The lowest BCUT2D eigenvalue weighted by Gasteiger charge is -2.10. The van der Waals surface area contributed by atoms with Crippen LogP contribution in [0.15, 0.2) is 54.9 Å². The predicted octanol–water partition coefficient (Wildman–Crippen LogP) is 3.60. The average molecular weight is 470 g/mol. The first-order valence-corrected chi connectivity index (χ1v) is 11.6. The Bertz CT molecular complexity index is 1520. The number of benzene rings is 2. The van der Waals surface area contributed by atoms with Crippen LogP contribution in [-0.4, -0.2) is 52.8 Å². The molecule has 0 fully saturated rings. The average Bonchev–Trinajstić information content (AvgIpc) is 3.46. The molecular formula is C27H27N5O3. The Hall–Kier alpha value is -4.17. The van der Waals surface area contributed by atoms with Crippen molar-refractivity contribution in [3.63, 3.8) is 0 Å². The van der Waals surface area contributed by atoms with Crippen LogP contribution >= 0.6 is 0 Å². The molecule has 35 heavy (non-hydrogen) atoms. The molecule has 4 aromatic rings. The SMILES string of the molecule is CC(=O)Nc1ccc2c(c1)c(C1=C(c3c[nH]c4ccccc34)C(=O)NC1=O)cn2CCCN(C)C. The summed E-state index contributed by atoms with van der Waals surface area (Å²) >= 11 is 0. The van der Waals surface area contributed by atoms with Gasteiger partial charge in [-0.2, -0.15) is 0 Å². The third-order valence-corrected chi connectivity index (χ3v) is 6.26. The zero-order valence-electron chi connectivity index (χ0n) is 19.9. The fourth-order valence-corrected chi connectivity index (χ4v) is 4.77. The summed E-state index contributed by atoms with van der Waals surface area (Å²) in [7, 11) is 4.07. The molecule has 0 saturated heterocycles. The molecule has 5 rings (SSSR count). The number of hydrogen-bond donors (Lipinski definition) is 3. The number of para-hydroxylation sites is 1. The number of hydrogen-bond acceptors (Lipinski definition) is 4. The quantitative estimate of drug-likeness (QED) is 0.360. The number of anilines is 1. The van der Waals surface area contributed by atoms with E-state index in [9.17, 15) is 14.4 Å². The minimum absolute atomic E-state index is 0.177. The molecule has 0 bridgehead atoms. The number of carbonyl (C=O) groups is 3. The molecule has 0 radical (unpaired) electrons. The first-order valence-electron chi connectivity index (χ1n) is 11.6. The van der Waals surface area contributed by atoms with Crippen molar-refractivity contribution in [2.75, 3.05) is 26.0 Å². The van der Waals surface area contributed by atoms with Crippen molar-refractivity contribution in [1.82, 2.24) is 19.8 Å². The smallest absolute Gasteiger partial charge is 0.259 e. The zero-order valence-corrected chi connectivity index (χ0v) is 19.9. The highest BCUT2D eigenvalue weighted by molar-refractivity contribution is 6.50. The summed E-state index contributed by atoms with van der Waals surface area (Å²) in [6.07, 6.45) is 4.64. The van der Waals surface area contributed by atoms with E-state index >= 15 is 0 Å². The van der Waals surface area contributed by atoms with Crippen molar-refractivity contribution < 1.29 is 14.4 Å². The number of carbonyl (C=O) groups excluding carboxylic acids is 3. The van der Waals surface area contributed by atoms with Gasteiger partial charge in [0.05, 0.1) is 11.1 Å². The molecule has 2 aromatic carbocycles. The maximum atomic E-state index is 13.2. The van der Waals surface area contributed by atoms with Gasteiger partial charge in [0, 0.05) is 64.5 Å². The van der Waals surface area contributed by atoms with Gasteiger partial charge >= 0.3 is 0 Å². The largest absolute Gasteiger partial charge is 0.361 e. The fraction of sp³-hybridized carbons (Fsp3) is 0.222. The van der Waals surface area contributed by atoms with Crippen LogP contribution in [0.1, 0.15) is 24.5 Å². The normalized spacial score (nSPS) is 13.9. The Morgan fingerprint density at radius 2 is 1.74 bits per heavy atom. The predicted molar refractivity (Wildman–Crippen MR) is 138 cm³/mol. The molecule has 8 nitrogen and oxygen atoms in total. The van der Waals surface area contributed by atoms with Gasteiger partial charge in [0.1, 0.15) is 0 Å². The van der Waals surface area contributed by atoms with Crippen LogP contribution in [0.4, 0.5) is 5.69 Å². The molecule has 3 N–H and O–H groups in total. The topological polar surface area (TPSA) is 99.2 Å². The zero-order chi connectivity index (χ0) is 24.7. The van der Waals surface area contributed by atoms with Gasteiger partial charge in [-0.15, -0.1) is 0 Å². The first kappa shape index (κ1) is 22.6. The maximum Gasteiger partial charge on any atom is 0.259 e. The lowest BCUT2D eigenvalue weighted by atomic mass is 9.95. The number of imide groups is 1. The Kier molecular flexibility index (Phi) is 5.74. The van der Waals surface area contributed by atoms with Crippen molar-refractivity contribution in [2.24, 2.45) is 0 Å². The van der Waals surface area contributed by atoms with E-state index in [-0.39, 0.29) is 5.91 Å². The summed E-state index contributed by atoms with van der Waals surface area (Å²) < 4.78 is 2.11. The first-order chi connectivity index (χ1) is 16.8. The van der Waals surface area contributed by atoms with Crippen LogP contribution in [0.2, 0.25) is 0 Å². The van der Waals surface area contributed by atoms with Gasteiger partial charge in [-0.1, -0.05) is 18.2 Å². The molecule has 1 aliphatic heterocycles. The number of rotatable bonds is 7. The van der Waals surface area contributed by atoms with Crippen molar-refractivity contribution in [1.29, 1.82) is 0 Å². The molecule has 8 heteroatoms. The molecule has 2 aromatic heterocycles. The van der Waals surface area contributed by atoms with Crippen molar-refractivity contribution in [3.05, 3.63) is 66.0 Å². The van der Waals surface area contributed by atoms with Crippen LogP contribution in [-0.2, 0) is 20.9 Å². The third-order valence-electron chi connectivity index (χ3n) is 6.26. The van der Waals surface area contributed by atoms with Gasteiger partial charge in [0.25, 0.3) is 11.8 Å². The summed E-state index contributed by atoms with van der Waals surface area (Å²) in [4.78, 5) is 43.2. The summed E-state index contributed by atoms with van der Waals surface area (Å²) in [5.74, 6) is -1.02. The van der Waals surface area contributed by atoms with E-state index in [0.29, 0.717) is 28.0 Å². The fourth-order valence-electron chi connectivity index (χ4n) is 4.77. The molecule has 0 saturated carbocycles. The highest BCUT2D eigenvalue weighted by atomic mass is 16.2. The number of nitrogens with zero attached hydrogens (tertiary/aromatic N) is 2. The highest BCUT2D eigenvalue weighted by Crippen LogP contribution is 2.39. The summed E-state index contributed by atoms with van der Waals surface area (Å²) in [5, 5.41) is 7.00. The van der Waals surface area contributed by atoms with E-state index in [2.05, 4.69) is 25.1 Å². The minimum atomic E-state index is -0.424. The van der Waals surface area contributed by atoms with Gasteiger partial charge < -0.3 is 19.8 Å². The van der Waals surface area contributed by atoms with Gasteiger partial charge in [0.2, 0.25) is 5.91 Å². The number of fused-ring (bicyclic) bond motifs is 2. The lowest BCUT2D eigenvalue weighted by Crippen LogP contribution is -2.22. The van der Waals surface area contributed by atoms with E-state index in [1.807, 2.05) is 62.8 Å². The van der Waals surface area contributed by atoms with E-state index in [1.165, 1.54) is 6.92 Å². The number of aromatic amines is 1. The number of nitrogens with one attached hydrogen (secondary N) is 3. The van der Waals surface area contributed by atoms with Crippen LogP contribution in [0.3, 0.4) is 0 Å². The molecule has 3 amide bonds. The molecule has 3 heterocycles. The third kappa shape index (κ3) is 4.13. The van der Waals surface area contributed by atoms with Gasteiger partial charge in [-0.05, 0) is 51.3 Å². The Balaban J connectivity index is 1.73. The van der Waals surface area contributed by atoms with Crippen molar-refractivity contribution >= 4 is 56.4 Å². The van der Waals surface area contributed by atoms with E-state index in [1.54, 1.807) is 6.20 Å². The second kappa shape index (κ2) is 8.88. The Morgan fingerprint density at radius 3 is 2.49 bits per heavy atom. The molecule has 0 aliphatic carbocycles. The molecule has 0 unspecified atom stereocenters. The monoisotopic (exact) mass is 469 g/mol. The lowest BCUT2D eigenvalue weighted by molar-refractivity contribution is -0.123. The van der Waals surface area contributed by atoms with Crippen LogP contribution in [0.5, 0.6) is 0 Å². The Morgan fingerprint density at radius 1 is 1.00 bits per heavy atom. The summed E-state index contributed by atoms with van der Waals surface area (Å²) in [5.41, 5.74) is 4.51. The summed E-state index contributed by atoms with van der Waals surface area (Å²) in [6.45, 7) is 3.12. The van der Waals surface area contributed by atoms with Gasteiger partial charge in [0.15, 0.2) is 0 Å². The van der Waals surface area contributed by atoms with E-state index in [4.69, 9.17) is 0 Å².